The van der Waals surface area contributed by atoms with Gasteiger partial charge in [-0.25, -0.2) is 0 Å². The van der Waals surface area contributed by atoms with Crippen molar-refractivity contribution >= 4 is 50.7 Å². The van der Waals surface area contributed by atoms with Crippen molar-refractivity contribution in [2.24, 2.45) is 0 Å². The normalized spacial score (nSPS) is 9.90. The highest BCUT2D eigenvalue weighted by atomic mass is 79.9. The Kier molecular flexibility index (Phi) is 4.66. The van der Waals surface area contributed by atoms with Crippen molar-refractivity contribution in [2.45, 2.75) is 0 Å². The van der Waals surface area contributed by atoms with Crippen molar-refractivity contribution in [3.8, 4) is 6.07 Å². The quantitative estimate of drug-likeness (QED) is 0.820. The molecule has 3 nitrogen and oxygen atoms in total. The van der Waals surface area contributed by atoms with Crippen molar-refractivity contribution < 1.29 is 4.79 Å². The number of nitrogens with one attached hydrogen (secondary N) is 1. The number of anilines is 1. The SMILES string of the molecule is N#Cc1ccc(Cl)cc1NC(=O)c1ccc(Cl)cc1Br. The molecular formula is C14H7BrCl2N2O. The van der Waals surface area contributed by atoms with Crippen LogP contribution in [0.4, 0.5) is 5.69 Å². The van der Waals surface area contributed by atoms with Gasteiger partial charge in [0.25, 0.3) is 5.91 Å². The van der Waals surface area contributed by atoms with Gasteiger partial charge in [0.1, 0.15) is 6.07 Å². The standard InChI is InChI=1S/C14H7BrCl2N2O/c15-12-5-9(16)3-4-11(12)14(20)19-13-6-10(17)2-1-8(13)7-18/h1-6H,(H,19,20). The molecule has 1 N–H and O–H groups in total. The van der Waals surface area contributed by atoms with E-state index >= 15 is 0 Å². The van der Waals surface area contributed by atoms with Gasteiger partial charge in [-0.15, -0.1) is 0 Å². The number of carbonyl (C=O) groups is 1. The van der Waals surface area contributed by atoms with Crippen LogP contribution in [0.25, 0.3) is 0 Å². The molecule has 0 saturated carbocycles. The van der Waals surface area contributed by atoms with E-state index in [1.54, 1.807) is 30.3 Å². The molecule has 0 fully saturated rings. The summed E-state index contributed by atoms with van der Waals surface area (Å²) in [6, 6.07) is 11.5. The first kappa shape index (κ1) is 14.9. The zero-order chi connectivity index (χ0) is 14.7. The molecule has 0 atom stereocenters. The van der Waals surface area contributed by atoms with Crippen molar-refractivity contribution in [3.63, 3.8) is 0 Å². The maximum absolute atomic E-state index is 12.2. The Hall–Kier alpha value is -1.54. The number of nitriles is 1. The number of amides is 1. The second-order valence-corrected chi connectivity index (χ2v) is 5.61. The Bertz CT molecular complexity index is 726. The Labute approximate surface area is 134 Å². The van der Waals surface area contributed by atoms with E-state index in [9.17, 15) is 4.79 Å². The van der Waals surface area contributed by atoms with E-state index in [1.165, 1.54) is 6.07 Å². The zero-order valence-electron chi connectivity index (χ0n) is 9.95. The van der Waals surface area contributed by atoms with Crippen LogP contribution in [-0.4, -0.2) is 5.91 Å². The fourth-order valence-corrected chi connectivity index (χ4v) is 2.62. The number of hydrogen-bond acceptors (Lipinski definition) is 2. The van der Waals surface area contributed by atoms with Crippen LogP contribution < -0.4 is 5.32 Å². The zero-order valence-corrected chi connectivity index (χ0v) is 13.1. The highest BCUT2D eigenvalue weighted by Crippen LogP contribution is 2.25. The Morgan fingerprint density at radius 2 is 1.80 bits per heavy atom. The Balaban J connectivity index is 2.33. The van der Waals surface area contributed by atoms with Crippen LogP contribution in [0.2, 0.25) is 10.0 Å². The molecule has 0 spiro atoms. The van der Waals surface area contributed by atoms with Crippen LogP contribution in [-0.2, 0) is 0 Å². The molecule has 0 aliphatic carbocycles. The molecule has 2 aromatic rings. The summed E-state index contributed by atoms with van der Waals surface area (Å²) in [5.41, 5.74) is 1.12. The third-order valence-electron chi connectivity index (χ3n) is 2.53. The molecule has 100 valence electrons. The lowest BCUT2D eigenvalue weighted by Gasteiger charge is -2.09. The van der Waals surface area contributed by atoms with Gasteiger partial charge in [0, 0.05) is 14.5 Å². The second kappa shape index (κ2) is 6.27. The number of halogens is 3. The molecule has 0 radical (unpaired) electrons. The smallest absolute Gasteiger partial charge is 0.256 e. The average molecular weight is 370 g/mol. The van der Waals surface area contributed by atoms with E-state index in [-0.39, 0.29) is 5.91 Å². The van der Waals surface area contributed by atoms with E-state index in [0.29, 0.717) is 31.3 Å². The maximum atomic E-state index is 12.2. The summed E-state index contributed by atoms with van der Waals surface area (Å²) >= 11 is 15.0. The molecule has 2 rings (SSSR count). The first-order valence-electron chi connectivity index (χ1n) is 5.47. The molecule has 2 aromatic carbocycles. The largest absolute Gasteiger partial charge is 0.321 e. The number of hydrogen-bond donors (Lipinski definition) is 1. The monoisotopic (exact) mass is 368 g/mol. The summed E-state index contributed by atoms with van der Waals surface area (Å²) < 4.78 is 0.572. The maximum Gasteiger partial charge on any atom is 0.256 e. The topological polar surface area (TPSA) is 52.9 Å². The van der Waals surface area contributed by atoms with Gasteiger partial charge in [-0.05, 0) is 52.3 Å². The molecule has 0 saturated heterocycles. The first-order chi connectivity index (χ1) is 9.51. The minimum absolute atomic E-state index is 0.341. The predicted octanol–water partition coefficient (Wildman–Crippen LogP) is 4.88. The summed E-state index contributed by atoms with van der Waals surface area (Å²) in [6.07, 6.45) is 0. The van der Waals surface area contributed by atoms with Crippen LogP contribution in [0.15, 0.2) is 40.9 Å². The summed E-state index contributed by atoms with van der Waals surface area (Å²) in [5.74, 6) is -0.354. The minimum atomic E-state index is -0.354. The highest BCUT2D eigenvalue weighted by Gasteiger charge is 2.13. The van der Waals surface area contributed by atoms with Gasteiger partial charge in [-0.3, -0.25) is 4.79 Å². The van der Waals surface area contributed by atoms with E-state index in [1.807, 2.05) is 6.07 Å². The third kappa shape index (κ3) is 3.31. The van der Waals surface area contributed by atoms with Gasteiger partial charge in [0.2, 0.25) is 0 Å². The van der Waals surface area contributed by atoms with Crippen molar-refractivity contribution in [1.82, 2.24) is 0 Å². The average Bonchev–Trinajstić information content (AvgIpc) is 2.38. The minimum Gasteiger partial charge on any atom is -0.321 e. The fourth-order valence-electron chi connectivity index (χ4n) is 1.58. The van der Waals surface area contributed by atoms with E-state index < -0.39 is 0 Å². The van der Waals surface area contributed by atoms with Gasteiger partial charge >= 0.3 is 0 Å². The van der Waals surface area contributed by atoms with Crippen LogP contribution in [0.3, 0.4) is 0 Å². The number of carbonyl (C=O) groups excluding carboxylic acids is 1. The molecule has 0 bridgehead atoms. The number of nitrogens with zero attached hydrogens (tertiary/aromatic N) is 1. The van der Waals surface area contributed by atoms with Crippen molar-refractivity contribution in [1.29, 1.82) is 5.26 Å². The van der Waals surface area contributed by atoms with E-state index in [2.05, 4.69) is 21.2 Å². The van der Waals surface area contributed by atoms with Crippen LogP contribution in [0.1, 0.15) is 15.9 Å². The summed E-state index contributed by atoms with van der Waals surface area (Å²) in [7, 11) is 0. The van der Waals surface area contributed by atoms with Crippen LogP contribution in [0, 0.1) is 11.3 Å². The molecule has 0 aliphatic heterocycles. The van der Waals surface area contributed by atoms with Gasteiger partial charge in [-0.2, -0.15) is 5.26 Å². The third-order valence-corrected chi connectivity index (χ3v) is 3.65. The van der Waals surface area contributed by atoms with E-state index in [4.69, 9.17) is 28.5 Å². The second-order valence-electron chi connectivity index (χ2n) is 3.88. The number of rotatable bonds is 2. The van der Waals surface area contributed by atoms with Gasteiger partial charge in [0.15, 0.2) is 0 Å². The lowest BCUT2D eigenvalue weighted by atomic mass is 10.1. The van der Waals surface area contributed by atoms with Crippen molar-refractivity contribution in [2.75, 3.05) is 5.32 Å². The lowest BCUT2D eigenvalue weighted by Crippen LogP contribution is -2.13. The molecule has 0 heterocycles. The molecule has 0 aromatic heterocycles. The van der Waals surface area contributed by atoms with Gasteiger partial charge in [0.05, 0.1) is 16.8 Å². The van der Waals surface area contributed by atoms with Crippen molar-refractivity contribution in [3.05, 3.63) is 62.0 Å². The highest BCUT2D eigenvalue weighted by molar-refractivity contribution is 9.10. The molecule has 0 unspecified atom stereocenters. The Morgan fingerprint density at radius 1 is 1.15 bits per heavy atom. The molecule has 0 aliphatic rings. The van der Waals surface area contributed by atoms with Gasteiger partial charge < -0.3 is 5.32 Å². The van der Waals surface area contributed by atoms with Crippen LogP contribution >= 0.6 is 39.1 Å². The van der Waals surface area contributed by atoms with Crippen LogP contribution in [0.5, 0.6) is 0 Å². The predicted molar refractivity (Wildman–Crippen MR) is 83.3 cm³/mol. The Morgan fingerprint density at radius 3 is 2.45 bits per heavy atom. The molecular weight excluding hydrogens is 363 g/mol. The molecule has 20 heavy (non-hydrogen) atoms. The summed E-state index contributed by atoms with van der Waals surface area (Å²) in [6.45, 7) is 0. The fraction of sp³-hybridized carbons (Fsp3) is 0. The molecule has 6 heteroatoms. The number of benzene rings is 2. The lowest BCUT2D eigenvalue weighted by molar-refractivity contribution is 0.102. The summed E-state index contributed by atoms with van der Waals surface area (Å²) in [4.78, 5) is 12.2. The first-order valence-corrected chi connectivity index (χ1v) is 7.02. The van der Waals surface area contributed by atoms with E-state index in [0.717, 1.165) is 0 Å². The van der Waals surface area contributed by atoms with Gasteiger partial charge in [-0.1, -0.05) is 23.2 Å². The summed E-state index contributed by atoms with van der Waals surface area (Å²) in [5, 5.41) is 12.6. The molecule has 1 amide bonds.